The molecule has 13 rings (SSSR count). The van der Waals surface area contributed by atoms with E-state index in [1.54, 1.807) is 0 Å². The number of hydrogen-bond donors (Lipinski definition) is 0. The molecule has 0 bridgehead atoms. The molecule has 3 heterocycles. The summed E-state index contributed by atoms with van der Waals surface area (Å²) in [7, 11) is 0. The van der Waals surface area contributed by atoms with Gasteiger partial charge in [0, 0.05) is 38.4 Å². The van der Waals surface area contributed by atoms with Gasteiger partial charge in [-0.2, -0.15) is 0 Å². The predicted molar refractivity (Wildman–Crippen MR) is 255 cm³/mol. The van der Waals surface area contributed by atoms with E-state index in [1.807, 2.05) is 6.07 Å². The van der Waals surface area contributed by atoms with E-state index in [4.69, 9.17) is 8.83 Å². The zero-order valence-corrected chi connectivity index (χ0v) is 33.0. The Balaban J connectivity index is 1.05. The Hall–Kier alpha value is -8.14. The molecular weight excluding hydrogens is 743 g/mol. The van der Waals surface area contributed by atoms with E-state index in [-0.39, 0.29) is 0 Å². The van der Waals surface area contributed by atoms with Crippen molar-refractivity contribution in [3.8, 4) is 50.4 Å². The maximum atomic E-state index is 6.86. The molecule has 0 fully saturated rings. The fourth-order valence-corrected chi connectivity index (χ4v) is 9.98. The molecule has 10 aromatic carbocycles. The van der Waals surface area contributed by atoms with Gasteiger partial charge in [0.15, 0.2) is 0 Å². The summed E-state index contributed by atoms with van der Waals surface area (Å²) in [5, 5.41) is 10.5. The van der Waals surface area contributed by atoms with Crippen molar-refractivity contribution >= 4 is 76.3 Å². The Bertz CT molecular complexity index is 3800. The predicted octanol–water partition coefficient (Wildman–Crippen LogP) is 16.4. The quantitative estimate of drug-likeness (QED) is 0.163. The van der Waals surface area contributed by atoms with Crippen molar-refractivity contribution in [2.45, 2.75) is 0 Å². The summed E-state index contributed by atoms with van der Waals surface area (Å²) in [5.41, 5.74) is 14.0. The third-order valence-corrected chi connectivity index (χ3v) is 12.6. The molecule has 0 radical (unpaired) electrons. The van der Waals surface area contributed by atoms with Crippen LogP contribution in [0.2, 0.25) is 0 Å². The summed E-state index contributed by atoms with van der Waals surface area (Å²) in [6.45, 7) is 0. The van der Waals surface area contributed by atoms with Gasteiger partial charge in [-0.15, -0.1) is 0 Å². The van der Waals surface area contributed by atoms with Crippen LogP contribution < -0.4 is 0 Å². The molecule has 0 aliphatic heterocycles. The molecule has 0 aliphatic carbocycles. The molecule has 61 heavy (non-hydrogen) atoms. The summed E-state index contributed by atoms with van der Waals surface area (Å²) in [5.74, 6) is 0.842. The maximum Gasteiger partial charge on any atom is 0.147 e. The van der Waals surface area contributed by atoms with Crippen LogP contribution in [0.5, 0.6) is 0 Å². The Morgan fingerprint density at radius 3 is 1.48 bits per heavy atom. The Labute approximate surface area is 350 Å². The van der Waals surface area contributed by atoms with Crippen LogP contribution in [0.4, 0.5) is 0 Å². The standard InChI is InChI=1S/C58H35NO2/c1-4-16-36(17-5-1)55-56-52(61-57(55)37-18-6-2-7-19-37)33-31-47-48-34-38(29-32-51(48)60-58(47)56)53-43-23-10-12-25-45(43)54(46-26-13-11-24-44(46)53)39-28-30-42-41-22-14-15-27-49(41)59(50(42)35-39)40-20-8-3-9-21-40/h1-35H. The van der Waals surface area contributed by atoms with Gasteiger partial charge in [0.2, 0.25) is 0 Å². The molecular formula is C58H35NO2. The number of fused-ring (bicyclic) bond motifs is 10. The number of benzene rings is 10. The van der Waals surface area contributed by atoms with E-state index in [9.17, 15) is 0 Å². The van der Waals surface area contributed by atoms with E-state index in [0.717, 1.165) is 66.6 Å². The SMILES string of the molecule is c1ccc(-c2oc3ccc4c5cc(-c6c7ccccc7c(-c7ccc8c9ccccc9n(-c9ccccc9)c8c7)c7ccccc67)ccc5oc4c3c2-c2ccccc2)cc1. The molecule has 284 valence electrons. The second-order valence-electron chi connectivity index (χ2n) is 15.9. The van der Waals surface area contributed by atoms with Gasteiger partial charge < -0.3 is 13.4 Å². The minimum atomic E-state index is 0.805. The molecule has 0 saturated heterocycles. The van der Waals surface area contributed by atoms with E-state index < -0.39 is 0 Å². The molecule has 13 aromatic rings. The van der Waals surface area contributed by atoms with Crippen molar-refractivity contribution in [2.24, 2.45) is 0 Å². The first kappa shape index (κ1) is 33.8. The summed E-state index contributed by atoms with van der Waals surface area (Å²) in [6.07, 6.45) is 0. The highest BCUT2D eigenvalue weighted by Gasteiger charge is 2.24. The second-order valence-corrected chi connectivity index (χ2v) is 15.9. The molecule has 0 spiro atoms. The molecule has 3 aromatic heterocycles. The lowest BCUT2D eigenvalue weighted by Crippen LogP contribution is -1.94. The number of para-hydroxylation sites is 2. The van der Waals surface area contributed by atoms with Gasteiger partial charge in [0.25, 0.3) is 0 Å². The first-order valence-corrected chi connectivity index (χ1v) is 20.8. The molecule has 3 heteroatoms. The summed E-state index contributed by atoms with van der Waals surface area (Å²) < 4.78 is 15.9. The minimum absolute atomic E-state index is 0.805. The molecule has 0 saturated carbocycles. The number of nitrogens with zero attached hydrogens (tertiary/aromatic N) is 1. The number of hydrogen-bond acceptors (Lipinski definition) is 2. The van der Waals surface area contributed by atoms with Crippen LogP contribution in [0.15, 0.2) is 221 Å². The lowest BCUT2D eigenvalue weighted by molar-refractivity contribution is 0.631. The average Bonchev–Trinajstić information content (AvgIpc) is 4.01. The van der Waals surface area contributed by atoms with Gasteiger partial charge in [-0.25, -0.2) is 0 Å². The van der Waals surface area contributed by atoms with Gasteiger partial charge >= 0.3 is 0 Å². The zero-order chi connectivity index (χ0) is 40.0. The van der Waals surface area contributed by atoms with Crippen molar-refractivity contribution in [1.82, 2.24) is 4.57 Å². The van der Waals surface area contributed by atoms with Crippen molar-refractivity contribution in [2.75, 3.05) is 0 Å². The van der Waals surface area contributed by atoms with E-state index in [0.29, 0.717) is 0 Å². The van der Waals surface area contributed by atoms with Crippen LogP contribution in [-0.2, 0) is 0 Å². The molecule has 0 amide bonds. The van der Waals surface area contributed by atoms with Gasteiger partial charge in [0.05, 0.1) is 16.4 Å². The van der Waals surface area contributed by atoms with Crippen molar-refractivity contribution in [3.63, 3.8) is 0 Å². The minimum Gasteiger partial charge on any atom is -0.455 e. The highest BCUT2D eigenvalue weighted by Crippen LogP contribution is 2.48. The topological polar surface area (TPSA) is 31.2 Å². The third-order valence-electron chi connectivity index (χ3n) is 12.6. The monoisotopic (exact) mass is 777 g/mol. The molecule has 0 N–H and O–H groups in total. The van der Waals surface area contributed by atoms with Crippen LogP contribution >= 0.6 is 0 Å². The van der Waals surface area contributed by atoms with Gasteiger partial charge in [-0.05, 0) is 97.9 Å². The van der Waals surface area contributed by atoms with E-state index >= 15 is 0 Å². The average molecular weight is 778 g/mol. The van der Waals surface area contributed by atoms with Gasteiger partial charge in [-0.1, -0.05) is 164 Å². The molecule has 0 atom stereocenters. The fraction of sp³-hybridized carbons (Fsp3) is 0. The van der Waals surface area contributed by atoms with Crippen molar-refractivity contribution in [1.29, 1.82) is 0 Å². The molecule has 3 nitrogen and oxygen atoms in total. The van der Waals surface area contributed by atoms with Crippen molar-refractivity contribution in [3.05, 3.63) is 212 Å². The van der Waals surface area contributed by atoms with Crippen LogP contribution in [0.3, 0.4) is 0 Å². The lowest BCUT2D eigenvalue weighted by atomic mass is 9.85. The summed E-state index contributed by atoms with van der Waals surface area (Å²) >= 11 is 0. The first-order valence-electron chi connectivity index (χ1n) is 20.8. The van der Waals surface area contributed by atoms with Crippen LogP contribution in [0.1, 0.15) is 0 Å². The van der Waals surface area contributed by atoms with Gasteiger partial charge in [0.1, 0.15) is 22.5 Å². The fourth-order valence-electron chi connectivity index (χ4n) is 9.98. The zero-order valence-electron chi connectivity index (χ0n) is 33.0. The van der Waals surface area contributed by atoms with Crippen LogP contribution in [0.25, 0.3) is 127 Å². The maximum absolute atomic E-state index is 6.86. The highest BCUT2D eigenvalue weighted by atomic mass is 16.3. The van der Waals surface area contributed by atoms with Crippen LogP contribution in [0, 0.1) is 0 Å². The normalized spacial score (nSPS) is 11.9. The van der Waals surface area contributed by atoms with Crippen molar-refractivity contribution < 1.29 is 8.83 Å². The number of furan rings is 2. The highest BCUT2D eigenvalue weighted by molar-refractivity contribution is 6.24. The first-order chi connectivity index (χ1) is 30.3. The number of rotatable bonds is 5. The molecule has 0 aliphatic rings. The second kappa shape index (κ2) is 13.2. The largest absolute Gasteiger partial charge is 0.455 e. The Morgan fingerprint density at radius 2 is 0.803 bits per heavy atom. The third kappa shape index (κ3) is 5.04. The summed E-state index contributed by atoms with van der Waals surface area (Å²) in [6, 6.07) is 76.1. The molecule has 0 unspecified atom stereocenters. The van der Waals surface area contributed by atoms with E-state index in [2.05, 4.69) is 211 Å². The van der Waals surface area contributed by atoms with Crippen LogP contribution in [-0.4, -0.2) is 4.57 Å². The summed E-state index contributed by atoms with van der Waals surface area (Å²) in [4.78, 5) is 0. The Morgan fingerprint density at radius 1 is 0.295 bits per heavy atom. The van der Waals surface area contributed by atoms with Gasteiger partial charge in [-0.3, -0.25) is 0 Å². The Kier molecular flexibility index (Phi) is 7.31. The lowest BCUT2D eigenvalue weighted by Gasteiger charge is -2.18. The smallest absolute Gasteiger partial charge is 0.147 e. The number of aromatic nitrogens is 1. The van der Waals surface area contributed by atoms with E-state index in [1.165, 1.54) is 60.0 Å².